The maximum atomic E-state index is 12.7. The van der Waals surface area contributed by atoms with Crippen molar-refractivity contribution in [2.24, 2.45) is 0 Å². The van der Waals surface area contributed by atoms with Gasteiger partial charge in [0.1, 0.15) is 11.5 Å². The van der Waals surface area contributed by atoms with Crippen LogP contribution in [0.3, 0.4) is 0 Å². The van der Waals surface area contributed by atoms with Gasteiger partial charge in [-0.2, -0.15) is 0 Å². The van der Waals surface area contributed by atoms with Crippen molar-refractivity contribution in [2.45, 2.75) is 32.2 Å². The maximum Gasteiger partial charge on any atom is 0.228 e. The van der Waals surface area contributed by atoms with Crippen molar-refractivity contribution < 1.29 is 14.3 Å². The molecule has 2 rings (SSSR count). The van der Waals surface area contributed by atoms with Crippen molar-refractivity contribution in [2.75, 3.05) is 14.2 Å². The minimum atomic E-state index is -0.180. The van der Waals surface area contributed by atoms with Crippen molar-refractivity contribution in [3.8, 4) is 11.5 Å². The molecule has 0 bridgehead atoms. The molecule has 2 aromatic carbocycles. The van der Waals surface area contributed by atoms with Crippen LogP contribution in [-0.2, 0) is 4.79 Å². The van der Waals surface area contributed by atoms with Gasteiger partial charge in [0.2, 0.25) is 5.91 Å². The lowest BCUT2D eigenvalue weighted by atomic mass is 9.95. The first-order chi connectivity index (χ1) is 11.6. The third-order valence-corrected chi connectivity index (χ3v) is 4.19. The van der Waals surface area contributed by atoms with Crippen molar-refractivity contribution in [1.82, 2.24) is 5.32 Å². The highest BCUT2D eigenvalue weighted by Gasteiger charge is 2.22. The summed E-state index contributed by atoms with van der Waals surface area (Å²) in [6, 6.07) is 15.3. The Labute approximate surface area is 143 Å². The summed E-state index contributed by atoms with van der Waals surface area (Å²) in [5.41, 5.74) is 1.93. The minimum Gasteiger partial charge on any atom is -0.497 e. The van der Waals surface area contributed by atoms with Gasteiger partial charge in [-0.15, -0.1) is 0 Å². The zero-order valence-electron chi connectivity index (χ0n) is 14.7. The van der Waals surface area contributed by atoms with E-state index in [2.05, 4.69) is 5.32 Å². The van der Waals surface area contributed by atoms with Crippen molar-refractivity contribution in [3.63, 3.8) is 0 Å². The molecule has 0 aliphatic carbocycles. The molecule has 0 spiro atoms. The molecular weight excluding hydrogens is 302 g/mol. The topological polar surface area (TPSA) is 47.6 Å². The molecule has 4 heteroatoms. The Hall–Kier alpha value is -2.49. The van der Waals surface area contributed by atoms with Crippen LogP contribution in [0.15, 0.2) is 48.5 Å². The summed E-state index contributed by atoms with van der Waals surface area (Å²) < 4.78 is 10.7. The molecule has 0 aliphatic heterocycles. The molecule has 0 heterocycles. The molecule has 0 aliphatic rings. The van der Waals surface area contributed by atoms with Gasteiger partial charge < -0.3 is 14.8 Å². The summed E-state index contributed by atoms with van der Waals surface area (Å²) in [6.07, 6.45) is 0.748. The van der Waals surface area contributed by atoms with Crippen molar-refractivity contribution in [1.29, 1.82) is 0 Å². The number of nitrogens with one attached hydrogen (secondary N) is 1. The van der Waals surface area contributed by atoms with E-state index in [1.807, 2.05) is 62.4 Å². The first-order valence-electron chi connectivity index (χ1n) is 8.17. The summed E-state index contributed by atoms with van der Waals surface area (Å²) in [7, 11) is 3.25. The normalized spacial score (nSPS) is 13.0. The Morgan fingerprint density at radius 1 is 1.08 bits per heavy atom. The highest BCUT2D eigenvalue weighted by atomic mass is 16.5. The Bertz CT molecular complexity index is 670. The summed E-state index contributed by atoms with van der Waals surface area (Å²) in [5.74, 6) is 1.32. The summed E-state index contributed by atoms with van der Waals surface area (Å²) in [6.45, 7) is 3.97. The van der Waals surface area contributed by atoms with Crippen LogP contribution in [-0.4, -0.2) is 20.1 Å². The SMILES string of the molecule is CC[C@@H](C(=O)N[C@@H](C)c1cc(OC)ccc1OC)c1ccccc1. The first kappa shape index (κ1) is 17.9. The van der Waals surface area contributed by atoms with Crippen LogP contribution in [0.5, 0.6) is 11.5 Å². The van der Waals surface area contributed by atoms with E-state index in [0.717, 1.165) is 29.0 Å². The lowest BCUT2D eigenvalue weighted by Gasteiger charge is -2.22. The predicted octanol–water partition coefficient (Wildman–Crippen LogP) is 4.07. The number of hydrogen-bond donors (Lipinski definition) is 1. The largest absolute Gasteiger partial charge is 0.497 e. The average Bonchev–Trinajstić information content (AvgIpc) is 2.62. The fraction of sp³-hybridized carbons (Fsp3) is 0.350. The molecule has 1 N–H and O–H groups in total. The molecule has 4 nitrogen and oxygen atoms in total. The second-order valence-corrected chi connectivity index (χ2v) is 5.71. The molecule has 0 saturated heterocycles. The highest BCUT2D eigenvalue weighted by molar-refractivity contribution is 5.84. The third-order valence-electron chi connectivity index (χ3n) is 4.19. The fourth-order valence-corrected chi connectivity index (χ4v) is 2.83. The van der Waals surface area contributed by atoms with Crippen LogP contribution < -0.4 is 14.8 Å². The number of methoxy groups -OCH3 is 2. The smallest absolute Gasteiger partial charge is 0.228 e. The minimum absolute atomic E-state index is 0.0149. The zero-order chi connectivity index (χ0) is 17.5. The van der Waals surface area contributed by atoms with E-state index in [-0.39, 0.29) is 17.9 Å². The Kier molecular flexibility index (Phi) is 6.24. The van der Waals surface area contributed by atoms with Gasteiger partial charge in [-0.05, 0) is 37.1 Å². The van der Waals surface area contributed by atoms with Crippen molar-refractivity contribution >= 4 is 5.91 Å². The van der Waals surface area contributed by atoms with E-state index in [4.69, 9.17) is 9.47 Å². The van der Waals surface area contributed by atoms with Crippen LogP contribution >= 0.6 is 0 Å². The van der Waals surface area contributed by atoms with Gasteiger partial charge in [0, 0.05) is 5.56 Å². The monoisotopic (exact) mass is 327 g/mol. The van der Waals surface area contributed by atoms with Gasteiger partial charge in [-0.25, -0.2) is 0 Å². The highest BCUT2D eigenvalue weighted by Crippen LogP contribution is 2.30. The van der Waals surface area contributed by atoms with Crippen LogP contribution in [0.2, 0.25) is 0 Å². The molecule has 0 aromatic heterocycles. The number of carbonyl (C=O) groups excluding carboxylic acids is 1. The van der Waals surface area contributed by atoms with E-state index in [1.54, 1.807) is 14.2 Å². The summed E-state index contributed by atoms with van der Waals surface area (Å²) in [5, 5.41) is 3.10. The number of ether oxygens (including phenoxy) is 2. The summed E-state index contributed by atoms with van der Waals surface area (Å²) in [4.78, 5) is 12.7. The molecule has 2 aromatic rings. The lowest BCUT2D eigenvalue weighted by Crippen LogP contribution is -2.31. The molecule has 0 fully saturated rings. The van der Waals surface area contributed by atoms with Gasteiger partial charge in [0.15, 0.2) is 0 Å². The van der Waals surface area contributed by atoms with Gasteiger partial charge in [0.05, 0.1) is 26.2 Å². The first-order valence-corrected chi connectivity index (χ1v) is 8.17. The van der Waals surface area contributed by atoms with Crippen LogP contribution in [0.1, 0.15) is 43.4 Å². The quantitative estimate of drug-likeness (QED) is 0.834. The van der Waals surface area contributed by atoms with Crippen LogP contribution in [0, 0.1) is 0 Å². The number of amides is 1. The Morgan fingerprint density at radius 3 is 2.38 bits per heavy atom. The zero-order valence-corrected chi connectivity index (χ0v) is 14.7. The van der Waals surface area contributed by atoms with Gasteiger partial charge in [0.25, 0.3) is 0 Å². The van der Waals surface area contributed by atoms with Crippen LogP contribution in [0.4, 0.5) is 0 Å². The maximum absolute atomic E-state index is 12.7. The molecule has 0 saturated carbocycles. The molecule has 128 valence electrons. The second kappa shape index (κ2) is 8.39. The number of benzene rings is 2. The third kappa shape index (κ3) is 4.07. The van der Waals surface area contributed by atoms with Gasteiger partial charge >= 0.3 is 0 Å². The van der Waals surface area contributed by atoms with E-state index >= 15 is 0 Å². The standard InChI is InChI=1S/C20H25NO3/c1-5-17(15-9-7-6-8-10-15)20(22)21-14(2)18-13-16(23-3)11-12-19(18)24-4/h6-14,17H,5H2,1-4H3,(H,21,22)/t14-,17+/m0/s1. The molecule has 0 radical (unpaired) electrons. The van der Waals surface area contributed by atoms with Gasteiger partial charge in [-0.3, -0.25) is 4.79 Å². The molecule has 2 atom stereocenters. The van der Waals surface area contributed by atoms with E-state index in [1.165, 1.54) is 0 Å². The molecule has 1 amide bonds. The van der Waals surface area contributed by atoms with E-state index < -0.39 is 0 Å². The summed E-state index contributed by atoms with van der Waals surface area (Å²) >= 11 is 0. The molecule has 0 unspecified atom stereocenters. The number of rotatable bonds is 7. The predicted molar refractivity (Wildman–Crippen MR) is 95.6 cm³/mol. The van der Waals surface area contributed by atoms with E-state index in [9.17, 15) is 4.79 Å². The van der Waals surface area contributed by atoms with Crippen LogP contribution in [0.25, 0.3) is 0 Å². The lowest BCUT2D eigenvalue weighted by molar-refractivity contribution is -0.123. The average molecular weight is 327 g/mol. The number of hydrogen-bond acceptors (Lipinski definition) is 3. The number of carbonyl (C=O) groups is 1. The Balaban J connectivity index is 2.19. The van der Waals surface area contributed by atoms with Crippen molar-refractivity contribution in [3.05, 3.63) is 59.7 Å². The Morgan fingerprint density at radius 2 is 1.79 bits per heavy atom. The second-order valence-electron chi connectivity index (χ2n) is 5.71. The molecule has 24 heavy (non-hydrogen) atoms. The van der Waals surface area contributed by atoms with Gasteiger partial charge in [-0.1, -0.05) is 37.3 Å². The van der Waals surface area contributed by atoms with E-state index in [0.29, 0.717) is 0 Å². The molecular formula is C20H25NO3. The fourth-order valence-electron chi connectivity index (χ4n) is 2.83.